The molecule has 4 atom stereocenters. The Labute approximate surface area is 265 Å². The zero-order chi connectivity index (χ0) is 32.6. The van der Waals surface area contributed by atoms with E-state index in [1.807, 2.05) is 92.7 Å². The molecule has 1 aliphatic heterocycles. The minimum Gasteiger partial charge on any atom is -0.387 e. The number of hydrogen-bond donors (Lipinski definition) is 4. The number of aliphatic hydroxyl groups is 2. The van der Waals surface area contributed by atoms with E-state index in [2.05, 4.69) is 20.3 Å². The first-order valence-electron chi connectivity index (χ1n) is 15.2. The van der Waals surface area contributed by atoms with Crippen LogP contribution in [0.25, 0.3) is 11.2 Å². The third-order valence-electron chi connectivity index (χ3n) is 8.37. The number of aryl methyl sites for hydroxylation is 2. The van der Waals surface area contributed by atoms with Gasteiger partial charge < -0.3 is 19.7 Å². The molecule has 1 aliphatic rings. The fourth-order valence-corrected chi connectivity index (χ4v) is 5.74. The van der Waals surface area contributed by atoms with Crippen LogP contribution in [-0.2, 0) is 19.9 Å². The molecule has 1 saturated heterocycles. The Hall–Kier alpha value is -4.68. The van der Waals surface area contributed by atoms with Crippen molar-refractivity contribution >= 4 is 23.0 Å². The van der Waals surface area contributed by atoms with E-state index in [1.54, 1.807) is 13.8 Å². The van der Waals surface area contributed by atoms with Gasteiger partial charge >= 0.3 is 0 Å². The van der Waals surface area contributed by atoms with Crippen LogP contribution >= 0.6 is 0 Å². The molecule has 0 radical (unpaired) electrons. The van der Waals surface area contributed by atoms with Gasteiger partial charge in [0, 0.05) is 5.92 Å². The predicted molar refractivity (Wildman–Crippen MR) is 172 cm³/mol. The summed E-state index contributed by atoms with van der Waals surface area (Å²) in [5.74, 6) is -0.734. The number of imidazole rings is 1. The molecule has 0 saturated carbocycles. The number of nitrogens with one attached hydrogen (secondary N) is 2. The van der Waals surface area contributed by atoms with Crippen molar-refractivity contribution in [3.8, 4) is 0 Å². The summed E-state index contributed by atoms with van der Waals surface area (Å²) in [6, 6.07) is 26.1. The third-order valence-corrected chi connectivity index (χ3v) is 8.37. The summed E-state index contributed by atoms with van der Waals surface area (Å²) in [5, 5.41) is 25.0. The molecule has 11 heteroatoms. The van der Waals surface area contributed by atoms with Gasteiger partial charge in [-0.1, -0.05) is 104 Å². The zero-order valence-electron chi connectivity index (χ0n) is 26.0. The predicted octanol–water partition coefficient (Wildman–Crippen LogP) is 3.96. The van der Waals surface area contributed by atoms with Crippen LogP contribution in [0, 0.1) is 19.8 Å². The van der Waals surface area contributed by atoms with E-state index >= 15 is 0 Å². The van der Waals surface area contributed by atoms with Crippen molar-refractivity contribution in [1.82, 2.24) is 19.5 Å². The molecule has 46 heavy (non-hydrogen) atoms. The second-order valence-electron chi connectivity index (χ2n) is 12.0. The number of nitrogens with zero attached hydrogens (tertiary/aromatic N) is 3. The quantitative estimate of drug-likeness (QED) is 0.180. The number of anilines is 1. The lowest BCUT2D eigenvalue weighted by atomic mass is 9.79. The second-order valence-corrected chi connectivity index (χ2v) is 12.0. The molecule has 11 nitrogen and oxygen atoms in total. The number of carbonyl (C=O) groups excluding carboxylic acids is 1. The summed E-state index contributed by atoms with van der Waals surface area (Å²) in [6.07, 6.45) is -3.52. The lowest BCUT2D eigenvalue weighted by Crippen LogP contribution is -2.39. The molecule has 238 valence electrons. The number of H-pyrrole nitrogens is 1. The van der Waals surface area contributed by atoms with Crippen LogP contribution in [0.5, 0.6) is 0 Å². The van der Waals surface area contributed by atoms with E-state index < -0.39 is 35.7 Å². The van der Waals surface area contributed by atoms with Gasteiger partial charge in [-0.25, -0.2) is 4.98 Å². The number of carbonyl (C=O) groups is 1. The van der Waals surface area contributed by atoms with E-state index in [4.69, 9.17) is 9.47 Å². The van der Waals surface area contributed by atoms with Crippen molar-refractivity contribution in [2.45, 2.75) is 57.8 Å². The number of benzene rings is 3. The van der Waals surface area contributed by atoms with Crippen molar-refractivity contribution in [3.63, 3.8) is 0 Å². The Kier molecular flexibility index (Phi) is 8.58. The maximum Gasteiger partial charge on any atom is 0.280 e. The van der Waals surface area contributed by atoms with Gasteiger partial charge in [-0.3, -0.25) is 24.5 Å². The monoisotopic (exact) mass is 623 g/mol. The summed E-state index contributed by atoms with van der Waals surface area (Å²) in [6.45, 7) is 7.38. The highest BCUT2D eigenvalue weighted by molar-refractivity contribution is 5.91. The van der Waals surface area contributed by atoms with Gasteiger partial charge in [-0.05, 0) is 30.5 Å². The lowest BCUT2D eigenvalue weighted by Gasteiger charge is -2.37. The van der Waals surface area contributed by atoms with Gasteiger partial charge in [-0.15, -0.1) is 0 Å². The van der Waals surface area contributed by atoms with E-state index in [0.29, 0.717) is 0 Å². The number of ether oxygens (including phenoxy) is 2. The number of aromatic amines is 1. The standard InChI is InChI=1S/C35H37N5O6/c1-20(2)31(43)38-34-37-30-27(32(44)39-34)36-19-40(30)33-29(42)28(41)26(46-33)18-45-35(23-8-6-5-7-9-23,24-14-10-21(3)11-15-24)25-16-12-22(4)13-17-25/h5-17,19-20,26,28-29,33,41-42H,18H2,1-4H3,(H2,37,38,39,43,44)/t26-,28?,29+,33-/m1/s1. The lowest BCUT2D eigenvalue weighted by molar-refractivity contribution is -0.118. The van der Waals surface area contributed by atoms with Crippen molar-refractivity contribution in [1.29, 1.82) is 0 Å². The Morgan fingerprint density at radius 3 is 2.13 bits per heavy atom. The molecule has 5 aromatic rings. The number of rotatable bonds is 9. The van der Waals surface area contributed by atoms with Gasteiger partial charge in [0.2, 0.25) is 11.9 Å². The van der Waals surface area contributed by atoms with Crippen molar-refractivity contribution < 1.29 is 24.5 Å². The first kappa shape index (κ1) is 31.3. The van der Waals surface area contributed by atoms with Crippen LogP contribution in [-0.4, -0.2) is 60.6 Å². The molecule has 1 fully saturated rings. The molecule has 3 aromatic carbocycles. The molecule has 1 unspecified atom stereocenters. The molecule has 0 spiro atoms. The Morgan fingerprint density at radius 1 is 0.957 bits per heavy atom. The molecule has 3 heterocycles. The van der Waals surface area contributed by atoms with E-state index in [-0.39, 0.29) is 35.5 Å². The minimum atomic E-state index is -1.40. The number of aliphatic hydroxyl groups excluding tert-OH is 2. The van der Waals surface area contributed by atoms with E-state index in [1.165, 1.54) is 10.9 Å². The summed E-state index contributed by atoms with van der Waals surface area (Å²) >= 11 is 0. The molecular formula is C35H37N5O6. The molecule has 4 N–H and O–H groups in total. The molecule has 1 amide bonds. The second kappa shape index (κ2) is 12.6. The number of hydrogen-bond acceptors (Lipinski definition) is 8. The first-order valence-corrected chi connectivity index (χ1v) is 15.2. The highest BCUT2D eigenvalue weighted by atomic mass is 16.6. The van der Waals surface area contributed by atoms with Crippen molar-refractivity contribution in [2.75, 3.05) is 11.9 Å². The number of aromatic nitrogens is 4. The topological polar surface area (TPSA) is 152 Å². The Balaban J connectivity index is 1.35. The Morgan fingerprint density at radius 2 is 1.54 bits per heavy atom. The molecule has 0 bridgehead atoms. The molecule has 2 aromatic heterocycles. The van der Waals surface area contributed by atoms with E-state index in [0.717, 1.165) is 27.8 Å². The van der Waals surface area contributed by atoms with Crippen LogP contribution in [0.3, 0.4) is 0 Å². The third kappa shape index (κ3) is 5.74. The summed E-state index contributed by atoms with van der Waals surface area (Å²) in [4.78, 5) is 36.1. The van der Waals surface area contributed by atoms with Crippen LogP contribution in [0.4, 0.5) is 5.95 Å². The molecule has 0 aliphatic carbocycles. The SMILES string of the molecule is Cc1ccc(C(OC[C@H]2O[C@@H](n3cnc4c(=O)[nH]c(NC(=O)C(C)C)nc43)[C@@H](O)C2O)(c2ccccc2)c2ccc(C)cc2)cc1. The number of fused-ring (bicyclic) bond motifs is 1. The first-order chi connectivity index (χ1) is 22.1. The fraction of sp³-hybridized carbons (Fsp3) is 0.314. The highest BCUT2D eigenvalue weighted by Gasteiger charge is 2.47. The van der Waals surface area contributed by atoms with Gasteiger partial charge in [-0.2, -0.15) is 4.98 Å². The average molecular weight is 624 g/mol. The smallest absolute Gasteiger partial charge is 0.280 e. The van der Waals surface area contributed by atoms with Gasteiger partial charge in [0.25, 0.3) is 5.56 Å². The van der Waals surface area contributed by atoms with Gasteiger partial charge in [0.1, 0.15) is 23.9 Å². The normalized spacial score (nSPS) is 20.0. The largest absolute Gasteiger partial charge is 0.387 e. The average Bonchev–Trinajstić information content (AvgIpc) is 3.59. The summed E-state index contributed by atoms with van der Waals surface area (Å²) in [5.41, 5.74) is 3.29. The van der Waals surface area contributed by atoms with Gasteiger partial charge in [0.05, 0.1) is 12.9 Å². The summed E-state index contributed by atoms with van der Waals surface area (Å²) in [7, 11) is 0. The maximum absolute atomic E-state index is 12.8. The number of amides is 1. The van der Waals surface area contributed by atoms with Gasteiger partial charge in [0.15, 0.2) is 17.4 Å². The van der Waals surface area contributed by atoms with E-state index in [9.17, 15) is 19.8 Å². The van der Waals surface area contributed by atoms with Crippen molar-refractivity contribution in [3.05, 3.63) is 123 Å². The summed E-state index contributed by atoms with van der Waals surface area (Å²) < 4.78 is 14.5. The minimum absolute atomic E-state index is 0.00521. The van der Waals surface area contributed by atoms with Crippen LogP contribution in [0.2, 0.25) is 0 Å². The van der Waals surface area contributed by atoms with Crippen LogP contribution in [0.1, 0.15) is 47.9 Å². The van der Waals surface area contributed by atoms with Crippen LogP contribution < -0.4 is 10.9 Å². The Bertz CT molecular complexity index is 1840. The molecular weight excluding hydrogens is 586 g/mol. The highest BCUT2D eigenvalue weighted by Crippen LogP contribution is 2.42. The van der Waals surface area contributed by atoms with Crippen molar-refractivity contribution in [2.24, 2.45) is 5.92 Å². The zero-order valence-corrected chi connectivity index (χ0v) is 26.0. The van der Waals surface area contributed by atoms with Crippen LogP contribution in [0.15, 0.2) is 90.0 Å². The fourth-order valence-electron chi connectivity index (χ4n) is 5.74. The maximum atomic E-state index is 12.8. The molecule has 6 rings (SSSR count).